The zero-order valence-corrected chi connectivity index (χ0v) is 23.5. The number of fused-ring (bicyclic) bond motifs is 1. The fraction of sp³-hybridized carbons (Fsp3) is 0.324. The van der Waals surface area contributed by atoms with Gasteiger partial charge in [0.25, 0.3) is 0 Å². The van der Waals surface area contributed by atoms with Gasteiger partial charge in [-0.1, -0.05) is 56.7 Å². The number of Topliss-reactive ketones (excluding diaryl/α,β-unsaturated/α-hetero) is 1. The quantitative estimate of drug-likeness (QED) is 0.111. The van der Waals surface area contributed by atoms with Crippen LogP contribution >= 0.6 is 0 Å². The number of hydrogen-bond acceptors (Lipinski definition) is 4. The van der Waals surface area contributed by atoms with Crippen LogP contribution in [0.15, 0.2) is 67.1 Å². The molecule has 0 spiro atoms. The predicted octanol–water partition coefficient (Wildman–Crippen LogP) is 8.38. The van der Waals surface area contributed by atoms with Crippen LogP contribution in [0.1, 0.15) is 77.7 Å². The Bertz CT molecular complexity index is 1580. The van der Waals surface area contributed by atoms with Crippen LogP contribution in [0.5, 0.6) is 5.75 Å². The van der Waals surface area contributed by atoms with Gasteiger partial charge in [-0.05, 0) is 67.1 Å². The van der Waals surface area contributed by atoms with Gasteiger partial charge in [0, 0.05) is 41.5 Å². The van der Waals surface area contributed by atoms with Gasteiger partial charge >= 0.3 is 6.18 Å². The SMILES string of the molecule is CCC(CC)CCCOc1ccc(CC(=O)c2ccc(C)c(C#Cc3cncc4cccnc34)c2)cc1C(F)(F)F. The lowest BCUT2D eigenvalue weighted by molar-refractivity contribution is -0.139. The molecule has 4 rings (SSSR count). The Kier molecular flexibility index (Phi) is 9.78. The van der Waals surface area contributed by atoms with Crippen LogP contribution in [0, 0.1) is 24.7 Å². The van der Waals surface area contributed by atoms with Gasteiger partial charge in [0.05, 0.1) is 23.3 Å². The first-order chi connectivity index (χ1) is 19.7. The molecule has 2 aromatic heterocycles. The molecule has 212 valence electrons. The zero-order chi connectivity index (χ0) is 29.4. The summed E-state index contributed by atoms with van der Waals surface area (Å²) in [6, 6.07) is 12.7. The number of benzene rings is 2. The number of carbonyl (C=O) groups is 1. The highest BCUT2D eigenvalue weighted by Gasteiger charge is 2.35. The molecule has 0 unspecified atom stereocenters. The Morgan fingerprint density at radius 3 is 2.54 bits per heavy atom. The minimum Gasteiger partial charge on any atom is -0.493 e. The Balaban J connectivity index is 1.50. The summed E-state index contributed by atoms with van der Waals surface area (Å²) in [5.74, 6) is 6.26. The molecule has 0 bridgehead atoms. The van der Waals surface area contributed by atoms with E-state index in [0.717, 1.165) is 41.8 Å². The van der Waals surface area contributed by atoms with Gasteiger partial charge in [-0.15, -0.1) is 0 Å². The smallest absolute Gasteiger partial charge is 0.419 e. The third-order valence-corrected chi connectivity index (χ3v) is 7.29. The number of rotatable bonds is 10. The summed E-state index contributed by atoms with van der Waals surface area (Å²) in [5.41, 5.74) is 2.71. The second kappa shape index (κ2) is 13.5. The lowest BCUT2D eigenvalue weighted by Crippen LogP contribution is -2.12. The van der Waals surface area contributed by atoms with Gasteiger partial charge in [-0.25, -0.2) is 0 Å². The van der Waals surface area contributed by atoms with E-state index in [1.165, 1.54) is 12.1 Å². The molecule has 0 N–H and O–H groups in total. The molecule has 4 aromatic rings. The topological polar surface area (TPSA) is 52.1 Å². The second-order valence-electron chi connectivity index (χ2n) is 10.1. The van der Waals surface area contributed by atoms with Crippen molar-refractivity contribution in [1.82, 2.24) is 9.97 Å². The molecule has 0 atom stereocenters. The maximum Gasteiger partial charge on any atom is 0.419 e. The molecule has 0 saturated carbocycles. The van der Waals surface area contributed by atoms with E-state index in [4.69, 9.17) is 4.74 Å². The highest BCUT2D eigenvalue weighted by atomic mass is 19.4. The molecule has 7 heteroatoms. The largest absolute Gasteiger partial charge is 0.493 e. The number of ether oxygens (including phenoxy) is 1. The van der Waals surface area contributed by atoms with Crippen molar-refractivity contribution in [1.29, 1.82) is 0 Å². The summed E-state index contributed by atoms with van der Waals surface area (Å²) >= 11 is 0. The van der Waals surface area contributed by atoms with Crippen LogP contribution in [0.4, 0.5) is 13.2 Å². The first-order valence-corrected chi connectivity index (χ1v) is 13.9. The number of pyridine rings is 2. The summed E-state index contributed by atoms with van der Waals surface area (Å²) in [4.78, 5) is 21.7. The van der Waals surface area contributed by atoms with E-state index in [9.17, 15) is 18.0 Å². The highest BCUT2D eigenvalue weighted by Crippen LogP contribution is 2.37. The second-order valence-corrected chi connectivity index (χ2v) is 10.1. The molecule has 0 fully saturated rings. The van der Waals surface area contributed by atoms with E-state index in [-0.39, 0.29) is 30.1 Å². The minimum atomic E-state index is -4.60. The van der Waals surface area contributed by atoms with E-state index in [0.29, 0.717) is 29.0 Å². The van der Waals surface area contributed by atoms with Crippen molar-refractivity contribution in [2.75, 3.05) is 6.61 Å². The number of ketones is 1. The third-order valence-electron chi connectivity index (χ3n) is 7.29. The van der Waals surface area contributed by atoms with E-state index in [1.807, 2.05) is 19.1 Å². The summed E-state index contributed by atoms with van der Waals surface area (Å²) in [7, 11) is 0. The fourth-order valence-electron chi connectivity index (χ4n) is 4.73. The summed E-state index contributed by atoms with van der Waals surface area (Å²) in [6.45, 7) is 6.33. The van der Waals surface area contributed by atoms with Gasteiger partial charge in [-0.2, -0.15) is 13.2 Å². The van der Waals surface area contributed by atoms with Crippen molar-refractivity contribution < 1.29 is 22.7 Å². The van der Waals surface area contributed by atoms with Crippen LogP contribution in [0.25, 0.3) is 10.9 Å². The Labute approximate surface area is 239 Å². The first-order valence-electron chi connectivity index (χ1n) is 13.9. The average molecular weight is 559 g/mol. The third kappa shape index (κ3) is 7.73. The fourth-order valence-corrected chi connectivity index (χ4v) is 4.73. The van der Waals surface area contributed by atoms with E-state index in [2.05, 4.69) is 35.7 Å². The average Bonchev–Trinajstić information content (AvgIpc) is 2.96. The van der Waals surface area contributed by atoms with E-state index >= 15 is 0 Å². The number of aromatic nitrogens is 2. The lowest BCUT2D eigenvalue weighted by atomic mass is 9.97. The van der Waals surface area contributed by atoms with Gasteiger partial charge in [-0.3, -0.25) is 14.8 Å². The van der Waals surface area contributed by atoms with Gasteiger partial charge in [0.2, 0.25) is 0 Å². The number of alkyl halides is 3. The first kappa shape index (κ1) is 29.8. The molecular formula is C34H33F3N2O2. The minimum absolute atomic E-state index is 0.175. The van der Waals surface area contributed by atoms with Crippen molar-refractivity contribution in [2.24, 2.45) is 5.92 Å². The van der Waals surface area contributed by atoms with Gasteiger partial charge < -0.3 is 4.74 Å². The molecule has 0 aliphatic carbocycles. The normalized spacial score (nSPS) is 11.4. The summed E-state index contributed by atoms with van der Waals surface area (Å²) in [5, 5.41) is 0.872. The van der Waals surface area contributed by atoms with Crippen molar-refractivity contribution >= 4 is 16.7 Å². The number of carbonyl (C=O) groups excluding carboxylic acids is 1. The molecule has 0 aliphatic rings. The Hall–Kier alpha value is -4.18. The lowest BCUT2D eigenvalue weighted by Gasteiger charge is -2.16. The molecule has 0 aliphatic heterocycles. The molecular weight excluding hydrogens is 525 g/mol. The molecule has 4 nitrogen and oxygen atoms in total. The molecule has 2 aromatic carbocycles. The van der Waals surface area contributed by atoms with Crippen molar-refractivity contribution in [3.8, 4) is 17.6 Å². The molecule has 41 heavy (non-hydrogen) atoms. The Morgan fingerprint density at radius 1 is 1.00 bits per heavy atom. The van der Waals surface area contributed by atoms with Crippen LogP contribution < -0.4 is 4.74 Å². The maximum atomic E-state index is 13.9. The Morgan fingerprint density at radius 2 is 1.78 bits per heavy atom. The molecule has 0 radical (unpaired) electrons. The van der Waals surface area contributed by atoms with Gasteiger partial charge in [0.15, 0.2) is 5.78 Å². The summed E-state index contributed by atoms with van der Waals surface area (Å²) < 4.78 is 47.1. The standard InChI is InChI=1S/C34H33F3N2O2/c1-4-24(5-2)8-7-17-41-32-15-11-25(18-30(32)34(35,36)37)19-31(40)27-12-10-23(3)26(20-27)13-14-29-22-38-21-28-9-6-16-39-33(28)29/h6,9-12,15-16,18,20-22,24H,4-5,7-8,17,19H2,1-3H3. The number of nitrogens with zero attached hydrogens (tertiary/aromatic N) is 2. The van der Waals surface area contributed by atoms with Crippen molar-refractivity contribution in [3.63, 3.8) is 0 Å². The molecule has 0 saturated heterocycles. The van der Waals surface area contributed by atoms with Gasteiger partial charge in [0.1, 0.15) is 5.75 Å². The zero-order valence-electron chi connectivity index (χ0n) is 23.5. The molecule has 0 amide bonds. The van der Waals surface area contributed by atoms with Crippen LogP contribution in [0.3, 0.4) is 0 Å². The monoisotopic (exact) mass is 558 g/mol. The van der Waals surface area contributed by atoms with Crippen LogP contribution in [-0.4, -0.2) is 22.4 Å². The van der Waals surface area contributed by atoms with Crippen LogP contribution in [-0.2, 0) is 12.6 Å². The predicted molar refractivity (Wildman–Crippen MR) is 155 cm³/mol. The van der Waals surface area contributed by atoms with Crippen molar-refractivity contribution in [2.45, 2.75) is 59.1 Å². The number of hydrogen-bond donors (Lipinski definition) is 0. The number of halogens is 3. The maximum absolute atomic E-state index is 13.9. The summed E-state index contributed by atoms with van der Waals surface area (Å²) in [6.07, 6.45) is 3.97. The number of aryl methyl sites for hydroxylation is 1. The van der Waals surface area contributed by atoms with Crippen molar-refractivity contribution in [3.05, 3.63) is 101 Å². The van der Waals surface area contributed by atoms with E-state index in [1.54, 1.807) is 36.8 Å². The molecule has 2 heterocycles. The highest BCUT2D eigenvalue weighted by molar-refractivity contribution is 5.98. The van der Waals surface area contributed by atoms with Crippen LogP contribution in [0.2, 0.25) is 0 Å². The van der Waals surface area contributed by atoms with E-state index < -0.39 is 11.7 Å².